The van der Waals surface area contributed by atoms with Crippen LogP contribution < -0.4 is 15.0 Å². The quantitative estimate of drug-likeness (QED) is 0.226. The number of halogens is 4. The van der Waals surface area contributed by atoms with Crippen molar-refractivity contribution < 1.29 is 27.2 Å². The van der Waals surface area contributed by atoms with Crippen molar-refractivity contribution in [3.63, 3.8) is 0 Å². The zero-order chi connectivity index (χ0) is 21.0. The molecule has 3 aromatic rings. The minimum Gasteiger partial charge on any atom is -0.867 e. The molecule has 0 amide bonds. The van der Waals surface area contributed by atoms with Gasteiger partial charge in [0.05, 0.1) is 5.56 Å². The Morgan fingerprint density at radius 1 is 0.931 bits per heavy atom. The van der Waals surface area contributed by atoms with Crippen molar-refractivity contribution in [2.45, 2.75) is 6.18 Å². The number of thiocarbonyl (C=S) groups is 1. The van der Waals surface area contributed by atoms with E-state index in [4.69, 9.17) is 12.2 Å². The van der Waals surface area contributed by atoms with Crippen LogP contribution in [0.5, 0.6) is 0 Å². The number of pyridine rings is 1. The molecule has 0 unspecified atom stereocenters. The van der Waals surface area contributed by atoms with E-state index in [1.807, 2.05) is 0 Å². The number of benzene rings is 2. The highest BCUT2D eigenvalue weighted by Crippen LogP contribution is 2.31. The van der Waals surface area contributed by atoms with E-state index >= 15 is 0 Å². The minimum absolute atomic E-state index is 0.0182. The number of hydrogen-bond donors (Lipinski definition) is 1. The van der Waals surface area contributed by atoms with Gasteiger partial charge in [0.25, 0.3) is 0 Å². The average molecular weight is 418 g/mol. The Morgan fingerprint density at radius 2 is 1.59 bits per heavy atom. The Morgan fingerprint density at radius 3 is 2.21 bits per heavy atom. The second-order valence-electron chi connectivity index (χ2n) is 6.00. The highest BCUT2D eigenvalue weighted by atomic mass is 32.1. The molecule has 0 saturated carbocycles. The van der Waals surface area contributed by atoms with Gasteiger partial charge in [-0.25, -0.2) is 4.39 Å². The summed E-state index contributed by atoms with van der Waals surface area (Å²) in [6.45, 7) is 0. The Hall–Kier alpha value is -3.26. The van der Waals surface area contributed by atoms with Crippen LogP contribution in [0, 0.1) is 5.82 Å². The van der Waals surface area contributed by atoms with Crippen LogP contribution in [0.15, 0.2) is 79.1 Å². The zero-order valence-corrected chi connectivity index (χ0v) is 15.6. The summed E-state index contributed by atoms with van der Waals surface area (Å²) in [6, 6.07) is 14.5. The first-order chi connectivity index (χ1) is 13.8. The molecule has 0 aliphatic heterocycles. The van der Waals surface area contributed by atoms with Gasteiger partial charge in [-0.3, -0.25) is 0 Å². The first-order valence-corrected chi connectivity index (χ1v) is 8.79. The zero-order valence-electron chi connectivity index (χ0n) is 14.8. The van der Waals surface area contributed by atoms with Crippen LogP contribution in [-0.4, -0.2) is 4.99 Å². The lowest BCUT2D eigenvalue weighted by molar-refractivity contribution is -0.577. The third-order valence-corrected chi connectivity index (χ3v) is 4.25. The predicted molar refractivity (Wildman–Crippen MR) is 104 cm³/mol. The van der Waals surface area contributed by atoms with Gasteiger partial charge in [-0.05, 0) is 41.7 Å². The lowest BCUT2D eigenvalue weighted by atomic mass is 10.1. The lowest BCUT2D eigenvalue weighted by Crippen LogP contribution is -2.39. The first-order valence-electron chi connectivity index (χ1n) is 8.38. The van der Waals surface area contributed by atoms with Gasteiger partial charge in [-0.2, -0.15) is 17.7 Å². The first kappa shape index (κ1) is 20.5. The molecule has 1 aromatic heterocycles. The van der Waals surface area contributed by atoms with Crippen molar-refractivity contribution in [1.29, 1.82) is 0 Å². The standard InChI is InChI=1S/C21H14F4N2OS/c22-16-9-7-14(8-10-16)19(28)18(27-11-2-1-3-12-27)20(29)26-17-6-4-5-15(13-17)21(23,24)25/h1-13H,(H-,26,28,29). The largest absolute Gasteiger partial charge is 0.867 e. The lowest BCUT2D eigenvalue weighted by Gasteiger charge is -2.17. The monoisotopic (exact) mass is 418 g/mol. The van der Waals surface area contributed by atoms with Gasteiger partial charge >= 0.3 is 6.18 Å². The maximum Gasteiger partial charge on any atom is 0.416 e. The molecule has 0 radical (unpaired) electrons. The fourth-order valence-corrected chi connectivity index (χ4v) is 2.90. The summed E-state index contributed by atoms with van der Waals surface area (Å²) in [6.07, 6.45) is -1.35. The Balaban J connectivity index is 2.02. The molecule has 0 spiro atoms. The van der Waals surface area contributed by atoms with Crippen molar-refractivity contribution in [2.75, 3.05) is 5.32 Å². The van der Waals surface area contributed by atoms with E-state index in [0.717, 1.165) is 24.3 Å². The van der Waals surface area contributed by atoms with E-state index in [-0.39, 0.29) is 21.9 Å². The topological polar surface area (TPSA) is 39.0 Å². The maximum absolute atomic E-state index is 13.2. The van der Waals surface area contributed by atoms with Crippen molar-refractivity contribution >= 4 is 34.3 Å². The van der Waals surface area contributed by atoms with Crippen LogP contribution in [0.3, 0.4) is 0 Å². The SMILES string of the molecule is [O-]/C(=C(\C(=S)Nc1cccc(C(F)(F)F)c1)[n+]1ccccc1)c1ccc(F)cc1. The highest BCUT2D eigenvalue weighted by Gasteiger charge is 2.30. The number of anilines is 1. The Kier molecular flexibility index (Phi) is 5.93. The molecule has 0 saturated heterocycles. The smallest absolute Gasteiger partial charge is 0.416 e. The molecular weight excluding hydrogens is 404 g/mol. The molecule has 0 aliphatic rings. The number of nitrogens with one attached hydrogen (secondary N) is 1. The summed E-state index contributed by atoms with van der Waals surface area (Å²) >= 11 is 5.33. The van der Waals surface area contributed by atoms with Crippen molar-refractivity contribution in [3.05, 3.63) is 96.1 Å². The molecule has 0 atom stereocenters. The van der Waals surface area contributed by atoms with E-state index < -0.39 is 23.3 Å². The number of alkyl halides is 3. The number of nitrogens with zero attached hydrogens (tertiary/aromatic N) is 1. The summed E-state index contributed by atoms with van der Waals surface area (Å²) in [5.74, 6) is -1.01. The summed E-state index contributed by atoms with van der Waals surface area (Å²) in [5, 5.41) is 15.7. The minimum atomic E-state index is -4.51. The molecule has 1 heterocycles. The van der Waals surface area contributed by atoms with Crippen molar-refractivity contribution in [3.8, 4) is 0 Å². The maximum atomic E-state index is 13.2. The van der Waals surface area contributed by atoms with Crippen molar-refractivity contribution in [2.24, 2.45) is 0 Å². The molecule has 3 rings (SSSR count). The molecule has 1 N–H and O–H groups in total. The summed E-state index contributed by atoms with van der Waals surface area (Å²) < 4.78 is 53.5. The van der Waals surface area contributed by atoms with Crippen LogP contribution in [0.25, 0.3) is 11.5 Å². The van der Waals surface area contributed by atoms with Crippen LogP contribution >= 0.6 is 12.2 Å². The highest BCUT2D eigenvalue weighted by molar-refractivity contribution is 7.81. The van der Waals surface area contributed by atoms with Crippen LogP contribution in [0.2, 0.25) is 0 Å². The van der Waals surface area contributed by atoms with Gasteiger partial charge in [0.15, 0.2) is 17.4 Å². The number of hydrogen-bond acceptors (Lipinski definition) is 2. The van der Waals surface area contributed by atoms with E-state index in [1.165, 1.54) is 28.8 Å². The molecular formula is C21H14F4N2OS. The third kappa shape index (κ3) is 4.97. The van der Waals surface area contributed by atoms with Gasteiger partial charge < -0.3 is 10.4 Å². The fraction of sp³-hybridized carbons (Fsp3) is 0.0476. The number of aromatic nitrogens is 1. The van der Waals surface area contributed by atoms with Crippen LogP contribution in [0.4, 0.5) is 23.2 Å². The normalized spacial score (nSPS) is 12.3. The van der Waals surface area contributed by atoms with Gasteiger partial charge in [0, 0.05) is 17.8 Å². The molecule has 3 nitrogen and oxygen atoms in total. The van der Waals surface area contributed by atoms with E-state index in [1.54, 1.807) is 30.6 Å². The van der Waals surface area contributed by atoms with Gasteiger partial charge in [0.2, 0.25) is 5.70 Å². The summed E-state index contributed by atoms with van der Waals surface area (Å²) in [7, 11) is 0. The van der Waals surface area contributed by atoms with E-state index in [9.17, 15) is 22.7 Å². The van der Waals surface area contributed by atoms with Gasteiger partial charge in [-0.1, -0.05) is 36.5 Å². The molecule has 0 aliphatic carbocycles. The van der Waals surface area contributed by atoms with Crippen LogP contribution in [0.1, 0.15) is 11.1 Å². The third-order valence-electron chi connectivity index (χ3n) is 3.96. The van der Waals surface area contributed by atoms with Crippen LogP contribution in [-0.2, 0) is 6.18 Å². The molecule has 2 aromatic carbocycles. The van der Waals surface area contributed by atoms with E-state index in [0.29, 0.717) is 0 Å². The Labute approximate surface area is 169 Å². The van der Waals surface area contributed by atoms with Gasteiger partial charge in [0.1, 0.15) is 5.82 Å². The second-order valence-corrected chi connectivity index (χ2v) is 6.41. The van der Waals surface area contributed by atoms with E-state index in [2.05, 4.69) is 5.32 Å². The molecule has 8 heteroatoms. The fourth-order valence-electron chi connectivity index (χ4n) is 2.59. The Bertz CT molecular complexity index is 1050. The van der Waals surface area contributed by atoms with Crippen molar-refractivity contribution in [1.82, 2.24) is 0 Å². The number of rotatable bonds is 4. The molecule has 0 fully saturated rings. The summed E-state index contributed by atoms with van der Waals surface area (Å²) in [5.41, 5.74) is -0.551. The molecule has 0 bridgehead atoms. The molecule has 148 valence electrons. The summed E-state index contributed by atoms with van der Waals surface area (Å²) in [4.78, 5) is -0.0742. The average Bonchev–Trinajstić information content (AvgIpc) is 2.69. The molecule has 29 heavy (non-hydrogen) atoms. The van der Waals surface area contributed by atoms with Gasteiger partial charge in [-0.15, -0.1) is 0 Å². The predicted octanol–water partition coefficient (Wildman–Crippen LogP) is 4.26. The second kappa shape index (κ2) is 8.40.